The normalized spacial score (nSPS) is 20.5. The summed E-state index contributed by atoms with van der Waals surface area (Å²) in [5.74, 6) is 0.340. The zero-order chi connectivity index (χ0) is 15.6. The Morgan fingerprint density at radius 3 is 2.33 bits per heavy atom. The van der Waals surface area contributed by atoms with Gasteiger partial charge in [-0.1, -0.05) is 12.1 Å². The minimum absolute atomic E-state index is 0.0569. The third-order valence-corrected chi connectivity index (χ3v) is 5.25. The molecule has 1 unspecified atom stereocenters. The van der Waals surface area contributed by atoms with Gasteiger partial charge in [-0.25, -0.2) is 8.42 Å². The summed E-state index contributed by atoms with van der Waals surface area (Å²) in [6.07, 6.45) is 3.85. The summed E-state index contributed by atoms with van der Waals surface area (Å²) in [7, 11) is -3.22. The molecule has 114 valence electrons. The number of hydrogen-bond acceptors (Lipinski definition) is 4. The van der Waals surface area contributed by atoms with Crippen molar-refractivity contribution in [1.82, 2.24) is 0 Å². The molecule has 0 heterocycles. The molecule has 0 amide bonds. The molecule has 4 nitrogen and oxygen atoms in total. The molecule has 5 heteroatoms. The molecule has 2 atom stereocenters. The van der Waals surface area contributed by atoms with Crippen LogP contribution >= 0.6 is 0 Å². The van der Waals surface area contributed by atoms with Crippen LogP contribution in [0, 0.1) is 5.92 Å². The maximum absolute atomic E-state index is 11.9. The van der Waals surface area contributed by atoms with Gasteiger partial charge in [-0.2, -0.15) is 0 Å². The van der Waals surface area contributed by atoms with Crippen molar-refractivity contribution in [3.63, 3.8) is 0 Å². The quantitative estimate of drug-likeness (QED) is 0.838. The summed E-state index contributed by atoms with van der Waals surface area (Å²) in [5, 5.41) is 0. The second-order valence-electron chi connectivity index (χ2n) is 5.89. The molecular formula is C16H20O4S. The zero-order valence-electron chi connectivity index (χ0n) is 12.3. The number of hydrogen-bond donors (Lipinski definition) is 0. The number of Topliss-reactive ketones (excluding diaryl/α,β-unsaturated/α-hetero) is 2. The number of ketones is 2. The minimum atomic E-state index is -3.22. The van der Waals surface area contributed by atoms with Gasteiger partial charge in [0.1, 0.15) is 11.6 Å². The van der Waals surface area contributed by atoms with Crippen molar-refractivity contribution >= 4 is 21.4 Å². The first-order valence-electron chi connectivity index (χ1n) is 7.09. The van der Waals surface area contributed by atoms with Crippen LogP contribution in [0.4, 0.5) is 0 Å². The first kappa shape index (κ1) is 15.9. The topological polar surface area (TPSA) is 68.3 Å². The van der Waals surface area contributed by atoms with Gasteiger partial charge in [0.15, 0.2) is 9.84 Å². The number of benzene rings is 1. The van der Waals surface area contributed by atoms with E-state index in [1.807, 2.05) is 0 Å². The molecule has 1 aliphatic rings. The Hall–Kier alpha value is -1.49. The van der Waals surface area contributed by atoms with E-state index in [2.05, 4.69) is 0 Å². The van der Waals surface area contributed by atoms with E-state index in [0.717, 1.165) is 18.2 Å². The van der Waals surface area contributed by atoms with Gasteiger partial charge < -0.3 is 0 Å². The van der Waals surface area contributed by atoms with Gasteiger partial charge >= 0.3 is 0 Å². The Kier molecular flexibility index (Phi) is 4.61. The molecule has 1 fully saturated rings. The third kappa shape index (κ3) is 4.00. The summed E-state index contributed by atoms with van der Waals surface area (Å²) in [6, 6.07) is 6.50. The molecular weight excluding hydrogens is 288 g/mol. The summed E-state index contributed by atoms with van der Waals surface area (Å²) < 4.78 is 22.9. The molecule has 1 aromatic carbocycles. The Morgan fingerprint density at radius 2 is 1.90 bits per heavy atom. The van der Waals surface area contributed by atoms with Crippen molar-refractivity contribution in [2.45, 2.75) is 43.4 Å². The summed E-state index contributed by atoms with van der Waals surface area (Å²) >= 11 is 0. The Labute approximate surface area is 125 Å². The van der Waals surface area contributed by atoms with Gasteiger partial charge in [0, 0.05) is 25.0 Å². The lowest BCUT2D eigenvalue weighted by Gasteiger charge is -2.18. The van der Waals surface area contributed by atoms with Crippen LogP contribution in [0.1, 0.15) is 44.1 Å². The highest BCUT2D eigenvalue weighted by Crippen LogP contribution is 2.33. The molecule has 0 saturated heterocycles. The molecule has 1 saturated carbocycles. The van der Waals surface area contributed by atoms with Crippen LogP contribution in [0.5, 0.6) is 0 Å². The van der Waals surface area contributed by atoms with Gasteiger partial charge in [0.2, 0.25) is 0 Å². The Bertz CT molecular complexity index is 643. The van der Waals surface area contributed by atoms with E-state index < -0.39 is 9.84 Å². The molecule has 0 aromatic heterocycles. The number of rotatable bonds is 5. The van der Waals surface area contributed by atoms with Crippen LogP contribution in [0.3, 0.4) is 0 Å². The lowest BCUT2D eigenvalue weighted by Crippen LogP contribution is -2.13. The lowest BCUT2D eigenvalue weighted by molar-refractivity contribution is -0.120. The van der Waals surface area contributed by atoms with Gasteiger partial charge in [-0.05, 0) is 43.4 Å². The van der Waals surface area contributed by atoms with Crippen LogP contribution in [0.25, 0.3) is 0 Å². The summed E-state index contributed by atoms with van der Waals surface area (Å²) in [5.41, 5.74) is 0.828. The summed E-state index contributed by atoms with van der Waals surface area (Å²) in [4.78, 5) is 23.5. The number of carbonyl (C=O) groups excluding carboxylic acids is 2. The third-order valence-electron chi connectivity index (χ3n) is 4.12. The molecule has 1 aromatic rings. The molecule has 0 aliphatic heterocycles. The minimum Gasteiger partial charge on any atom is -0.300 e. The smallest absolute Gasteiger partial charge is 0.175 e. The fraction of sp³-hybridized carbons (Fsp3) is 0.500. The van der Waals surface area contributed by atoms with Crippen molar-refractivity contribution in [2.75, 3.05) is 6.26 Å². The fourth-order valence-electron chi connectivity index (χ4n) is 2.91. The number of carbonyl (C=O) groups is 2. The van der Waals surface area contributed by atoms with E-state index in [4.69, 9.17) is 0 Å². The van der Waals surface area contributed by atoms with Crippen molar-refractivity contribution in [3.8, 4) is 0 Å². The SMILES string of the molecule is CC(=O)[C@H](CC1CCC(=O)C1)c1ccc(S(C)(=O)=O)cc1. The molecule has 21 heavy (non-hydrogen) atoms. The van der Waals surface area contributed by atoms with E-state index in [0.29, 0.717) is 19.3 Å². The predicted molar refractivity (Wildman–Crippen MR) is 79.9 cm³/mol. The maximum atomic E-state index is 11.9. The van der Waals surface area contributed by atoms with Gasteiger partial charge in [-0.3, -0.25) is 9.59 Å². The standard InChI is InChI=1S/C16H20O4S/c1-11(17)16(10-12-3-6-14(18)9-12)13-4-7-15(8-5-13)21(2,19)20/h4-5,7-8,12,16H,3,6,9-10H2,1-2H3/t12?,16-/m0/s1. The largest absolute Gasteiger partial charge is 0.300 e. The van der Waals surface area contributed by atoms with Crippen molar-refractivity contribution in [1.29, 1.82) is 0 Å². The van der Waals surface area contributed by atoms with Crippen LogP contribution in [0.15, 0.2) is 29.2 Å². The van der Waals surface area contributed by atoms with Gasteiger partial charge in [-0.15, -0.1) is 0 Å². The Balaban J connectivity index is 2.18. The highest BCUT2D eigenvalue weighted by Gasteiger charge is 2.27. The predicted octanol–water partition coefficient (Wildman–Crippen LogP) is 2.52. The molecule has 0 radical (unpaired) electrons. The second-order valence-corrected chi connectivity index (χ2v) is 7.90. The van der Waals surface area contributed by atoms with Crippen LogP contribution in [-0.2, 0) is 19.4 Å². The van der Waals surface area contributed by atoms with Crippen LogP contribution < -0.4 is 0 Å². The van der Waals surface area contributed by atoms with Crippen molar-refractivity contribution in [3.05, 3.63) is 29.8 Å². The second kappa shape index (κ2) is 6.10. The highest BCUT2D eigenvalue weighted by molar-refractivity contribution is 7.90. The highest BCUT2D eigenvalue weighted by atomic mass is 32.2. The van der Waals surface area contributed by atoms with E-state index in [-0.39, 0.29) is 28.3 Å². The van der Waals surface area contributed by atoms with Crippen molar-refractivity contribution < 1.29 is 18.0 Å². The summed E-state index contributed by atoms with van der Waals surface area (Å²) in [6.45, 7) is 1.55. The van der Waals surface area contributed by atoms with Crippen LogP contribution in [-0.4, -0.2) is 26.2 Å². The van der Waals surface area contributed by atoms with E-state index in [1.165, 1.54) is 0 Å². The van der Waals surface area contributed by atoms with Gasteiger partial charge in [0.25, 0.3) is 0 Å². The lowest BCUT2D eigenvalue weighted by atomic mass is 9.85. The fourth-order valence-corrected chi connectivity index (χ4v) is 3.54. The first-order chi connectivity index (χ1) is 9.77. The average molecular weight is 308 g/mol. The maximum Gasteiger partial charge on any atom is 0.175 e. The van der Waals surface area contributed by atoms with Gasteiger partial charge in [0.05, 0.1) is 4.90 Å². The molecule has 1 aliphatic carbocycles. The molecule has 0 N–H and O–H groups in total. The van der Waals surface area contributed by atoms with Crippen molar-refractivity contribution in [2.24, 2.45) is 5.92 Å². The van der Waals surface area contributed by atoms with E-state index >= 15 is 0 Å². The first-order valence-corrected chi connectivity index (χ1v) is 8.98. The van der Waals surface area contributed by atoms with E-state index in [1.54, 1.807) is 31.2 Å². The monoisotopic (exact) mass is 308 g/mol. The molecule has 0 bridgehead atoms. The zero-order valence-corrected chi connectivity index (χ0v) is 13.2. The van der Waals surface area contributed by atoms with Crippen LogP contribution in [0.2, 0.25) is 0 Å². The Morgan fingerprint density at radius 1 is 1.29 bits per heavy atom. The van der Waals surface area contributed by atoms with E-state index in [9.17, 15) is 18.0 Å². The average Bonchev–Trinajstić information content (AvgIpc) is 2.80. The number of sulfone groups is 1. The molecule has 0 spiro atoms. The molecule has 2 rings (SSSR count).